The molecule has 0 saturated heterocycles. The molecule has 2 heteroatoms. The summed E-state index contributed by atoms with van der Waals surface area (Å²) >= 11 is 1.94. The van der Waals surface area contributed by atoms with Crippen LogP contribution in [0.3, 0.4) is 0 Å². The van der Waals surface area contributed by atoms with Crippen LogP contribution in [0.25, 0.3) is 0 Å². The Morgan fingerprint density at radius 3 is 1.36 bits per heavy atom. The van der Waals surface area contributed by atoms with Crippen LogP contribution in [0.4, 0.5) is 0 Å². The molecule has 1 atom stereocenters. The summed E-state index contributed by atoms with van der Waals surface area (Å²) in [4.78, 5) is 0.407. The van der Waals surface area contributed by atoms with Crippen molar-refractivity contribution in [3.8, 4) is 0 Å². The first-order chi connectivity index (χ1) is 12.4. The van der Waals surface area contributed by atoms with Gasteiger partial charge >= 0.3 is 0 Å². The van der Waals surface area contributed by atoms with Gasteiger partial charge in [0.05, 0.1) is 0 Å². The predicted molar refractivity (Wildman–Crippen MR) is 115 cm³/mol. The topological polar surface area (TPSA) is 0 Å². The van der Waals surface area contributed by atoms with Gasteiger partial charge in [0.25, 0.3) is 0 Å². The van der Waals surface area contributed by atoms with Crippen LogP contribution in [-0.4, -0.2) is 4.99 Å². The molecule has 1 unspecified atom stereocenters. The standard InChI is InChI=1S/C23H20PS/c1-4-12-20(13-5-1)24(21-14-6-2-7-15-21,22-16-8-3-9-17-22)23-18-10-11-19-25-23/h1-19,23H/q+1. The lowest BCUT2D eigenvalue weighted by Gasteiger charge is -2.33. The molecule has 25 heavy (non-hydrogen) atoms. The fraction of sp³-hybridized carbons (Fsp3) is 0.0435. The third-order valence-electron chi connectivity index (χ3n) is 4.56. The first kappa shape index (κ1) is 16.4. The summed E-state index contributed by atoms with van der Waals surface area (Å²) in [5.41, 5.74) is 0. The van der Waals surface area contributed by atoms with E-state index >= 15 is 0 Å². The van der Waals surface area contributed by atoms with Crippen molar-refractivity contribution in [3.63, 3.8) is 0 Å². The first-order valence-corrected chi connectivity index (χ1v) is 11.3. The Kier molecular flexibility index (Phi) is 4.88. The molecule has 4 rings (SSSR count). The molecule has 0 amide bonds. The molecule has 0 aliphatic carbocycles. The predicted octanol–water partition coefficient (Wildman–Crippen LogP) is 5.12. The quantitative estimate of drug-likeness (QED) is 0.583. The third kappa shape index (κ3) is 2.99. The van der Waals surface area contributed by atoms with Crippen molar-refractivity contribution < 1.29 is 0 Å². The fourth-order valence-electron chi connectivity index (χ4n) is 3.47. The number of hydrogen-bond donors (Lipinski definition) is 0. The Bertz CT molecular complexity index is 773. The van der Waals surface area contributed by atoms with Gasteiger partial charge in [0.15, 0.2) is 4.99 Å². The molecule has 0 N–H and O–H groups in total. The molecule has 1 heterocycles. The van der Waals surface area contributed by atoms with Gasteiger partial charge < -0.3 is 0 Å². The SMILES string of the molecule is C1=CSC([P+](c2ccccc2)(c2ccccc2)c2ccccc2)C=C1. The van der Waals surface area contributed by atoms with Crippen molar-refractivity contribution in [1.82, 2.24) is 0 Å². The van der Waals surface area contributed by atoms with E-state index in [-0.39, 0.29) is 0 Å². The fourth-order valence-corrected chi connectivity index (χ4v) is 10.1. The largest absolute Gasteiger partial charge is 0.151 e. The molecule has 1 aliphatic heterocycles. The smallest absolute Gasteiger partial charge is 0.0846 e. The zero-order valence-corrected chi connectivity index (χ0v) is 15.6. The van der Waals surface area contributed by atoms with Crippen LogP contribution < -0.4 is 15.9 Å². The molecule has 0 spiro atoms. The zero-order valence-electron chi connectivity index (χ0n) is 13.9. The van der Waals surface area contributed by atoms with Crippen LogP contribution in [0.1, 0.15) is 0 Å². The Labute approximate surface area is 154 Å². The maximum absolute atomic E-state index is 2.38. The molecular formula is C23H20PS+. The monoisotopic (exact) mass is 359 g/mol. The summed E-state index contributed by atoms with van der Waals surface area (Å²) in [6.07, 6.45) is 6.72. The van der Waals surface area contributed by atoms with Crippen molar-refractivity contribution in [2.24, 2.45) is 0 Å². The zero-order chi connectivity index (χ0) is 17.0. The minimum absolute atomic E-state index is 0.407. The molecule has 3 aromatic carbocycles. The Morgan fingerprint density at radius 1 is 0.560 bits per heavy atom. The van der Waals surface area contributed by atoms with E-state index in [4.69, 9.17) is 0 Å². The van der Waals surface area contributed by atoms with Gasteiger partial charge in [0.1, 0.15) is 23.2 Å². The van der Waals surface area contributed by atoms with Crippen molar-refractivity contribution in [3.05, 3.63) is 115 Å². The number of benzene rings is 3. The van der Waals surface area contributed by atoms with Gasteiger partial charge in [-0.05, 0) is 47.9 Å². The van der Waals surface area contributed by atoms with E-state index in [9.17, 15) is 0 Å². The van der Waals surface area contributed by atoms with Gasteiger partial charge in [-0.15, -0.1) is 0 Å². The summed E-state index contributed by atoms with van der Waals surface area (Å²) < 4.78 is 0. The molecule has 0 radical (unpaired) electrons. The maximum atomic E-state index is 2.38. The molecule has 3 aromatic rings. The number of allylic oxidation sites excluding steroid dienone is 2. The van der Waals surface area contributed by atoms with Crippen molar-refractivity contribution in [2.75, 3.05) is 0 Å². The first-order valence-electron chi connectivity index (χ1n) is 8.47. The Balaban J connectivity index is 2.05. The van der Waals surface area contributed by atoms with Gasteiger partial charge in [-0.3, -0.25) is 0 Å². The van der Waals surface area contributed by atoms with E-state index in [1.54, 1.807) is 0 Å². The number of hydrogen-bond acceptors (Lipinski definition) is 1. The number of rotatable bonds is 4. The molecule has 0 nitrogen and oxygen atoms in total. The van der Waals surface area contributed by atoms with E-state index in [1.807, 2.05) is 11.8 Å². The summed E-state index contributed by atoms with van der Waals surface area (Å²) in [7, 11) is -1.80. The second-order valence-corrected chi connectivity index (χ2v) is 10.9. The van der Waals surface area contributed by atoms with E-state index < -0.39 is 7.26 Å². The highest BCUT2D eigenvalue weighted by Crippen LogP contribution is 2.64. The highest BCUT2D eigenvalue weighted by atomic mass is 32.2. The molecule has 122 valence electrons. The van der Waals surface area contributed by atoms with E-state index in [1.165, 1.54) is 15.9 Å². The van der Waals surface area contributed by atoms with Crippen LogP contribution in [0.2, 0.25) is 0 Å². The second-order valence-electron chi connectivity index (χ2n) is 5.97. The summed E-state index contributed by atoms with van der Waals surface area (Å²) in [6, 6.07) is 33.2. The molecule has 0 saturated carbocycles. The van der Waals surface area contributed by atoms with Crippen LogP contribution in [0.5, 0.6) is 0 Å². The molecule has 0 aromatic heterocycles. The Morgan fingerprint density at radius 2 is 1.00 bits per heavy atom. The summed E-state index contributed by atoms with van der Waals surface area (Å²) in [6.45, 7) is 0. The van der Waals surface area contributed by atoms with Gasteiger partial charge in [0.2, 0.25) is 0 Å². The average molecular weight is 359 g/mol. The van der Waals surface area contributed by atoms with Crippen LogP contribution >= 0.6 is 19.0 Å². The Hall–Kier alpha value is -2.08. The van der Waals surface area contributed by atoms with Crippen LogP contribution in [-0.2, 0) is 0 Å². The van der Waals surface area contributed by atoms with Gasteiger partial charge in [-0.1, -0.05) is 78.5 Å². The molecule has 0 bridgehead atoms. The molecule has 1 aliphatic rings. The molecular weight excluding hydrogens is 339 g/mol. The van der Waals surface area contributed by atoms with Crippen molar-refractivity contribution in [1.29, 1.82) is 0 Å². The molecule has 0 fully saturated rings. The number of thioether (sulfide) groups is 1. The lowest BCUT2D eigenvalue weighted by Crippen LogP contribution is -2.37. The van der Waals surface area contributed by atoms with Crippen LogP contribution in [0.15, 0.2) is 115 Å². The lowest BCUT2D eigenvalue weighted by atomic mass is 10.4. The highest BCUT2D eigenvalue weighted by Gasteiger charge is 2.51. The van der Waals surface area contributed by atoms with Gasteiger partial charge in [0, 0.05) is 0 Å². The minimum atomic E-state index is -1.80. The van der Waals surface area contributed by atoms with Gasteiger partial charge in [-0.2, -0.15) is 0 Å². The normalized spacial score (nSPS) is 16.7. The summed E-state index contributed by atoms with van der Waals surface area (Å²) in [5.74, 6) is 0. The van der Waals surface area contributed by atoms with E-state index in [2.05, 4.69) is 115 Å². The van der Waals surface area contributed by atoms with Gasteiger partial charge in [-0.25, -0.2) is 0 Å². The highest BCUT2D eigenvalue weighted by molar-refractivity contribution is 8.15. The summed E-state index contributed by atoms with van der Waals surface area (Å²) in [5, 5.41) is 6.54. The lowest BCUT2D eigenvalue weighted by molar-refractivity contribution is 1.56. The van der Waals surface area contributed by atoms with Crippen molar-refractivity contribution in [2.45, 2.75) is 4.99 Å². The average Bonchev–Trinajstić information content (AvgIpc) is 2.72. The van der Waals surface area contributed by atoms with Crippen LogP contribution in [0, 0.1) is 0 Å². The second kappa shape index (κ2) is 7.44. The third-order valence-corrected chi connectivity index (χ3v) is 10.9. The van der Waals surface area contributed by atoms with E-state index in [0.29, 0.717) is 4.99 Å². The minimum Gasteiger partial charge on any atom is -0.0846 e. The maximum Gasteiger partial charge on any atom is 0.151 e. The van der Waals surface area contributed by atoms with E-state index in [0.717, 1.165) is 0 Å². The van der Waals surface area contributed by atoms with Crippen molar-refractivity contribution >= 4 is 34.9 Å².